The van der Waals surface area contributed by atoms with Gasteiger partial charge >= 0.3 is 0 Å². The van der Waals surface area contributed by atoms with Crippen LogP contribution in [0, 0.1) is 0 Å². The summed E-state index contributed by atoms with van der Waals surface area (Å²) in [5.41, 5.74) is 2.74. The first-order chi connectivity index (χ1) is 15.3. The van der Waals surface area contributed by atoms with Crippen molar-refractivity contribution < 1.29 is 9.47 Å². The number of piperazine rings is 1. The molecule has 0 aromatic heterocycles. The lowest BCUT2D eigenvalue weighted by Crippen LogP contribution is -2.55. The third-order valence-electron chi connectivity index (χ3n) is 6.60. The van der Waals surface area contributed by atoms with Crippen molar-refractivity contribution >= 4 is 10.8 Å². The van der Waals surface area contributed by atoms with Gasteiger partial charge in [0.1, 0.15) is 6.23 Å². The normalized spacial score (nSPS) is 23.2. The van der Waals surface area contributed by atoms with Gasteiger partial charge in [0.05, 0.1) is 19.3 Å². The summed E-state index contributed by atoms with van der Waals surface area (Å²) in [6, 6.07) is 26.0. The molecule has 2 heterocycles. The average Bonchev–Trinajstić information content (AvgIpc) is 2.84. The molecule has 162 valence electrons. The first-order valence-electron chi connectivity index (χ1n) is 11.5. The Hall–Kier alpha value is -2.24. The van der Waals surface area contributed by atoms with Crippen LogP contribution in [0.3, 0.4) is 0 Å². The highest BCUT2D eigenvalue weighted by molar-refractivity contribution is 5.82. The fraction of sp³-hybridized carbons (Fsp3) is 0.407. The molecule has 3 aromatic carbocycles. The summed E-state index contributed by atoms with van der Waals surface area (Å²) in [6.07, 6.45) is 2.31. The van der Waals surface area contributed by atoms with Gasteiger partial charge < -0.3 is 14.4 Å². The molecule has 0 N–H and O–H groups in total. The third kappa shape index (κ3) is 5.34. The lowest BCUT2D eigenvalue weighted by Gasteiger charge is -2.41. The van der Waals surface area contributed by atoms with Crippen molar-refractivity contribution in [3.8, 4) is 0 Å². The molecule has 3 aromatic rings. The van der Waals surface area contributed by atoms with Crippen LogP contribution in [0.2, 0.25) is 0 Å². The molecule has 4 heteroatoms. The van der Waals surface area contributed by atoms with E-state index in [0.717, 1.165) is 45.6 Å². The summed E-state index contributed by atoms with van der Waals surface area (Å²) < 4.78 is 12.3. The number of nitrogens with zero attached hydrogens (tertiary/aromatic N) is 2. The van der Waals surface area contributed by atoms with Crippen molar-refractivity contribution in [2.75, 3.05) is 45.9 Å². The Morgan fingerprint density at radius 3 is 2.26 bits per heavy atom. The maximum absolute atomic E-state index is 6.19. The standard InChI is InChI=1S/C27H32N2O2/c1-2-6-22(7-3-1)19-26-20-31-27(21-30-26)29-16-14-28(15-17-29)13-12-23-10-11-24-8-4-5-9-25(24)18-23/h1-11,18,26-27H,12-17,19-21H2. The van der Waals surface area contributed by atoms with Gasteiger partial charge in [-0.1, -0.05) is 72.8 Å². The van der Waals surface area contributed by atoms with Gasteiger partial charge in [-0.05, 0) is 28.3 Å². The molecule has 0 aliphatic carbocycles. The minimum Gasteiger partial charge on any atom is -0.371 e. The van der Waals surface area contributed by atoms with Gasteiger partial charge in [0.25, 0.3) is 0 Å². The van der Waals surface area contributed by atoms with Gasteiger partial charge in [0, 0.05) is 39.1 Å². The van der Waals surface area contributed by atoms with E-state index in [-0.39, 0.29) is 12.3 Å². The first kappa shape index (κ1) is 20.7. The van der Waals surface area contributed by atoms with E-state index in [1.807, 2.05) is 0 Å². The van der Waals surface area contributed by atoms with Crippen molar-refractivity contribution in [2.45, 2.75) is 25.2 Å². The number of fused-ring (bicyclic) bond motifs is 1. The van der Waals surface area contributed by atoms with Crippen molar-refractivity contribution in [3.63, 3.8) is 0 Å². The van der Waals surface area contributed by atoms with E-state index >= 15 is 0 Å². The third-order valence-corrected chi connectivity index (χ3v) is 6.60. The molecule has 2 aliphatic rings. The monoisotopic (exact) mass is 416 g/mol. The van der Waals surface area contributed by atoms with Crippen LogP contribution in [-0.4, -0.2) is 68.1 Å². The highest BCUT2D eigenvalue weighted by atomic mass is 16.6. The minimum absolute atomic E-state index is 0.106. The predicted molar refractivity (Wildman–Crippen MR) is 125 cm³/mol. The maximum atomic E-state index is 6.19. The Kier molecular flexibility index (Phi) is 6.61. The summed E-state index contributed by atoms with van der Waals surface area (Å²) in [5, 5.41) is 2.66. The fourth-order valence-corrected chi connectivity index (χ4v) is 4.70. The van der Waals surface area contributed by atoms with E-state index in [2.05, 4.69) is 82.6 Å². The second-order valence-corrected chi connectivity index (χ2v) is 8.74. The molecule has 0 spiro atoms. The fourth-order valence-electron chi connectivity index (χ4n) is 4.70. The van der Waals surface area contributed by atoms with E-state index in [1.54, 1.807) is 0 Å². The molecular formula is C27H32N2O2. The molecule has 0 amide bonds. The van der Waals surface area contributed by atoms with Crippen LogP contribution in [0.4, 0.5) is 0 Å². The Morgan fingerprint density at radius 1 is 0.710 bits per heavy atom. The van der Waals surface area contributed by atoms with Crippen molar-refractivity contribution in [2.24, 2.45) is 0 Å². The van der Waals surface area contributed by atoms with Gasteiger partial charge in [-0.3, -0.25) is 4.90 Å². The molecule has 0 saturated carbocycles. The smallest absolute Gasteiger partial charge is 0.134 e. The number of benzene rings is 3. The van der Waals surface area contributed by atoms with E-state index in [9.17, 15) is 0 Å². The van der Waals surface area contributed by atoms with Crippen molar-refractivity contribution in [3.05, 3.63) is 83.9 Å². The number of hydrogen-bond acceptors (Lipinski definition) is 4. The Morgan fingerprint density at radius 2 is 1.48 bits per heavy atom. The van der Waals surface area contributed by atoms with E-state index in [0.29, 0.717) is 13.2 Å². The Bertz CT molecular complexity index is 961. The van der Waals surface area contributed by atoms with Crippen molar-refractivity contribution in [1.82, 2.24) is 9.80 Å². The SMILES string of the molecule is c1ccc(CC2COC(N3CCN(CCc4ccc5ccccc5c4)CC3)CO2)cc1. The quantitative estimate of drug-likeness (QED) is 0.607. The van der Waals surface area contributed by atoms with Crippen LogP contribution in [0.15, 0.2) is 72.8 Å². The average molecular weight is 417 g/mol. The van der Waals surface area contributed by atoms with Gasteiger partial charge in [-0.2, -0.15) is 0 Å². The molecule has 4 nitrogen and oxygen atoms in total. The highest BCUT2D eigenvalue weighted by Crippen LogP contribution is 2.18. The zero-order chi connectivity index (χ0) is 20.9. The van der Waals surface area contributed by atoms with Crippen molar-refractivity contribution in [1.29, 1.82) is 0 Å². The van der Waals surface area contributed by atoms with Crippen LogP contribution >= 0.6 is 0 Å². The van der Waals surface area contributed by atoms with Crippen LogP contribution in [0.25, 0.3) is 10.8 Å². The molecule has 2 fully saturated rings. The second-order valence-electron chi connectivity index (χ2n) is 8.74. The Labute approximate surface area is 185 Å². The van der Waals surface area contributed by atoms with Crippen LogP contribution in [0.5, 0.6) is 0 Å². The molecule has 31 heavy (non-hydrogen) atoms. The number of hydrogen-bond donors (Lipinski definition) is 0. The lowest BCUT2D eigenvalue weighted by atomic mass is 10.0. The zero-order valence-electron chi connectivity index (χ0n) is 18.2. The lowest BCUT2D eigenvalue weighted by molar-refractivity contribution is -0.189. The summed E-state index contributed by atoms with van der Waals surface area (Å²) in [6.45, 7) is 6.77. The first-order valence-corrected chi connectivity index (χ1v) is 11.5. The topological polar surface area (TPSA) is 24.9 Å². The maximum Gasteiger partial charge on any atom is 0.134 e. The molecule has 2 atom stereocenters. The minimum atomic E-state index is 0.106. The molecule has 0 bridgehead atoms. The molecule has 2 saturated heterocycles. The van der Waals surface area contributed by atoms with Crippen LogP contribution in [-0.2, 0) is 22.3 Å². The van der Waals surface area contributed by atoms with E-state index < -0.39 is 0 Å². The summed E-state index contributed by atoms with van der Waals surface area (Å²) in [7, 11) is 0. The summed E-state index contributed by atoms with van der Waals surface area (Å²) in [5.74, 6) is 0. The van der Waals surface area contributed by atoms with Crippen LogP contribution in [0.1, 0.15) is 11.1 Å². The molecular weight excluding hydrogens is 384 g/mol. The van der Waals surface area contributed by atoms with E-state index in [4.69, 9.17) is 9.47 Å². The van der Waals surface area contributed by atoms with Gasteiger partial charge in [-0.25, -0.2) is 0 Å². The van der Waals surface area contributed by atoms with Crippen LogP contribution < -0.4 is 0 Å². The second kappa shape index (κ2) is 9.92. The van der Waals surface area contributed by atoms with E-state index in [1.165, 1.54) is 21.9 Å². The highest BCUT2D eigenvalue weighted by Gasteiger charge is 2.29. The summed E-state index contributed by atoms with van der Waals surface area (Å²) in [4.78, 5) is 5.03. The molecule has 5 rings (SSSR count). The molecule has 0 radical (unpaired) electrons. The molecule has 2 aliphatic heterocycles. The largest absolute Gasteiger partial charge is 0.371 e. The zero-order valence-corrected chi connectivity index (χ0v) is 18.2. The predicted octanol–water partition coefficient (Wildman–Crippen LogP) is 3.98. The van der Waals surface area contributed by atoms with Gasteiger partial charge in [-0.15, -0.1) is 0 Å². The van der Waals surface area contributed by atoms with Gasteiger partial charge in [0.2, 0.25) is 0 Å². The number of ether oxygens (including phenoxy) is 2. The summed E-state index contributed by atoms with van der Waals surface area (Å²) >= 11 is 0. The molecule has 2 unspecified atom stereocenters. The van der Waals surface area contributed by atoms with Gasteiger partial charge in [0.15, 0.2) is 0 Å². The Balaban J connectivity index is 1.04. The number of rotatable bonds is 6.